The Morgan fingerprint density at radius 3 is 2.11 bits per heavy atom. The number of nitrogens with zero attached hydrogens (tertiary/aromatic N) is 1. The summed E-state index contributed by atoms with van der Waals surface area (Å²) in [6.45, 7) is 11.4. The number of carbonyl (C=O) groups excluding carboxylic acids is 1. The van der Waals surface area contributed by atoms with Crippen LogP contribution in [0.15, 0.2) is 36.4 Å². The molecule has 2 aromatic rings. The highest BCUT2D eigenvalue weighted by Crippen LogP contribution is 2.25. The number of amides is 1. The Balaban J connectivity index is 2.31. The quantitative estimate of drug-likeness (QED) is 0.795. The van der Waals surface area contributed by atoms with Gasteiger partial charge in [0.2, 0.25) is 15.9 Å². The van der Waals surface area contributed by atoms with E-state index < -0.39 is 16.1 Å². The molecule has 0 aliphatic rings. The summed E-state index contributed by atoms with van der Waals surface area (Å²) in [5.74, 6) is -0.336. The van der Waals surface area contributed by atoms with E-state index in [1.807, 2.05) is 58.9 Å². The monoisotopic (exact) mass is 402 g/mol. The molecule has 0 aliphatic carbocycles. The van der Waals surface area contributed by atoms with Crippen molar-refractivity contribution in [3.8, 4) is 0 Å². The maximum atomic E-state index is 12.9. The van der Waals surface area contributed by atoms with Crippen molar-refractivity contribution in [3.63, 3.8) is 0 Å². The smallest absolute Gasteiger partial charge is 0.244 e. The molecule has 0 fully saturated rings. The maximum absolute atomic E-state index is 12.9. The molecule has 0 unspecified atom stereocenters. The molecule has 0 spiro atoms. The van der Waals surface area contributed by atoms with Gasteiger partial charge in [0.15, 0.2) is 0 Å². The van der Waals surface area contributed by atoms with E-state index in [1.165, 1.54) is 4.31 Å². The molecule has 2 aromatic carbocycles. The topological polar surface area (TPSA) is 66.5 Å². The van der Waals surface area contributed by atoms with E-state index in [1.54, 1.807) is 19.1 Å². The fraction of sp³-hybridized carbons (Fsp3) is 0.409. The standard InChI is InChI=1S/C22H30N2O3S/c1-14-8-9-16(3)21(12-14)18(5)23-22(25)19(6)24(28(7,26)27)20-11-10-15(2)17(4)13-20/h8-13,18-19H,1-7H3,(H,23,25)/t18-,19+/m0/s1. The zero-order valence-corrected chi connectivity index (χ0v) is 18.5. The van der Waals surface area contributed by atoms with E-state index in [4.69, 9.17) is 0 Å². The van der Waals surface area contributed by atoms with Crippen LogP contribution in [0.1, 0.15) is 47.7 Å². The number of sulfonamides is 1. The van der Waals surface area contributed by atoms with Gasteiger partial charge in [-0.1, -0.05) is 29.8 Å². The summed E-state index contributed by atoms with van der Waals surface area (Å²) in [7, 11) is -3.63. The van der Waals surface area contributed by atoms with Crippen molar-refractivity contribution in [1.29, 1.82) is 0 Å². The molecular formula is C22H30N2O3S. The average molecular weight is 403 g/mol. The first-order chi connectivity index (χ1) is 12.9. The summed E-state index contributed by atoms with van der Waals surface area (Å²) in [5.41, 5.74) is 5.76. The first-order valence-electron chi connectivity index (χ1n) is 9.36. The van der Waals surface area contributed by atoms with Gasteiger partial charge in [-0.3, -0.25) is 9.10 Å². The van der Waals surface area contributed by atoms with Crippen LogP contribution in [0, 0.1) is 27.7 Å². The molecule has 6 heteroatoms. The summed E-state index contributed by atoms with van der Waals surface area (Å²) in [6, 6.07) is 10.4. The van der Waals surface area contributed by atoms with Gasteiger partial charge >= 0.3 is 0 Å². The highest BCUT2D eigenvalue weighted by molar-refractivity contribution is 7.92. The number of benzene rings is 2. The predicted octanol–water partition coefficient (Wildman–Crippen LogP) is 3.95. The molecule has 0 aromatic heterocycles. The highest BCUT2D eigenvalue weighted by Gasteiger charge is 2.30. The summed E-state index contributed by atoms with van der Waals surface area (Å²) in [5, 5.41) is 2.97. The van der Waals surface area contributed by atoms with Crippen molar-refractivity contribution in [2.75, 3.05) is 10.6 Å². The lowest BCUT2D eigenvalue weighted by atomic mass is 10.00. The molecule has 2 rings (SSSR count). The van der Waals surface area contributed by atoms with Crippen LogP contribution in [0.4, 0.5) is 5.69 Å². The number of rotatable bonds is 6. The van der Waals surface area contributed by atoms with Gasteiger partial charge in [-0.25, -0.2) is 8.42 Å². The Labute approximate surface area is 168 Å². The van der Waals surface area contributed by atoms with Crippen molar-refractivity contribution in [2.24, 2.45) is 0 Å². The predicted molar refractivity (Wildman–Crippen MR) is 115 cm³/mol. The van der Waals surface area contributed by atoms with Crippen LogP contribution in [0.2, 0.25) is 0 Å². The number of carbonyl (C=O) groups is 1. The minimum atomic E-state index is -3.63. The third kappa shape index (κ3) is 4.93. The van der Waals surface area contributed by atoms with E-state index in [9.17, 15) is 13.2 Å². The minimum absolute atomic E-state index is 0.226. The lowest BCUT2D eigenvalue weighted by molar-refractivity contribution is -0.122. The zero-order chi connectivity index (χ0) is 21.2. The third-order valence-corrected chi connectivity index (χ3v) is 6.34. The maximum Gasteiger partial charge on any atom is 0.244 e. The van der Waals surface area contributed by atoms with Gasteiger partial charge in [0.05, 0.1) is 18.0 Å². The number of hydrogen-bond donors (Lipinski definition) is 1. The second-order valence-corrected chi connectivity index (χ2v) is 9.45. The summed E-state index contributed by atoms with van der Waals surface area (Å²) in [4.78, 5) is 12.9. The highest BCUT2D eigenvalue weighted by atomic mass is 32.2. The second-order valence-electron chi connectivity index (χ2n) is 7.59. The van der Waals surface area contributed by atoms with E-state index in [0.717, 1.165) is 34.1 Å². The molecule has 152 valence electrons. The van der Waals surface area contributed by atoms with Crippen LogP contribution in [0.5, 0.6) is 0 Å². The molecule has 0 saturated heterocycles. The first kappa shape index (κ1) is 22.0. The Kier molecular flexibility index (Phi) is 6.55. The Hall–Kier alpha value is -2.34. The molecule has 2 atom stereocenters. The van der Waals surface area contributed by atoms with Crippen LogP contribution in [0.3, 0.4) is 0 Å². The van der Waals surface area contributed by atoms with Crippen molar-refractivity contribution in [2.45, 2.75) is 53.6 Å². The SMILES string of the molecule is Cc1ccc(C)c([C@H](C)NC(=O)[C@@H](C)N(c2ccc(C)c(C)c2)S(C)(=O)=O)c1. The molecule has 0 aliphatic heterocycles. The zero-order valence-electron chi connectivity index (χ0n) is 17.7. The van der Waals surface area contributed by atoms with Gasteiger partial charge in [-0.15, -0.1) is 0 Å². The van der Waals surface area contributed by atoms with Gasteiger partial charge in [0, 0.05) is 0 Å². The molecular weight excluding hydrogens is 372 g/mol. The van der Waals surface area contributed by atoms with E-state index in [-0.39, 0.29) is 11.9 Å². The minimum Gasteiger partial charge on any atom is -0.348 e. The Morgan fingerprint density at radius 1 is 0.929 bits per heavy atom. The van der Waals surface area contributed by atoms with Crippen LogP contribution >= 0.6 is 0 Å². The van der Waals surface area contributed by atoms with E-state index in [0.29, 0.717) is 5.69 Å². The second kappa shape index (κ2) is 8.35. The lowest BCUT2D eigenvalue weighted by Crippen LogP contribution is -2.48. The molecule has 1 amide bonds. The van der Waals surface area contributed by atoms with Crippen LogP contribution in [-0.4, -0.2) is 26.6 Å². The normalized spacial score (nSPS) is 13.7. The fourth-order valence-corrected chi connectivity index (χ4v) is 4.48. The molecule has 1 N–H and O–H groups in total. The lowest BCUT2D eigenvalue weighted by Gasteiger charge is -2.30. The van der Waals surface area contributed by atoms with Crippen molar-refractivity contribution < 1.29 is 13.2 Å². The van der Waals surface area contributed by atoms with Crippen molar-refractivity contribution in [3.05, 3.63) is 64.2 Å². The number of hydrogen-bond acceptors (Lipinski definition) is 3. The average Bonchev–Trinajstić information content (AvgIpc) is 2.58. The third-order valence-electron chi connectivity index (χ3n) is 5.09. The molecule has 5 nitrogen and oxygen atoms in total. The molecule has 0 radical (unpaired) electrons. The van der Waals surface area contributed by atoms with Gasteiger partial charge in [-0.2, -0.15) is 0 Å². The Bertz CT molecular complexity index is 983. The molecule has 0 bridgehead atoms. The van der Waals surface area contributed by atoms with Gasteiger partial charge in [0.25, 0.3) is 0 Å². The largest absolute Gasteiger partial charge is 0.348 e. The van der Waals surface area contributed by atoms with Crippen LogP contribution < -0.4 is 9.62 Å². The summed E-state index contributed by atoms with van der Waals surface area (Å²) >= 11 is 0. The van der Waals surface area contributed by atoms with Gasteiger partial charge in [-0.05, 0) is 75.9 Å². The van der Waals surface area contributed by atoms with Crippen molar-refractivity contribution >= 4 is 21.6 Å². The number of anilines is 1. The van der Waals surface area contributed by atoms with Crippen molar-refractivity contribution in [1.82, 2.24) is 5.32 Å². The van der Waals surface area contributed by atoms with Crippen LogP contribution in [-0.2, 0) is 14.8 Å². The number of aryl methyl sites for hydroxylation is 4. The van der Waals surface area contributed by atoms with Crippen LogP contribution in [0.25, 0.3) is 0 Å². The first-order valence-corrected chi connectivity index (χ1v) is 11.2. The van der Waals surface area contributed by atoms with Gasteiger partial charge < -0.3 is 5.32 Å². The Morgan fingerprint density at radius 2 is 1.54 bits per heavy atom. The van der Waals surface area contributed by atoms with E-state index >= 15 is 0 Å². The molecule has 0 heterocycles. The summed E-state index contributed by atoms with van der Waals surface area (Å²) in [6.07, 6.45) is 1.13. The molecule has 28 heavy (non-hydrogen) atoms. The van der Waals surface area contributed by atoms with E-state index in [2.05, 4.69) is 5.32 Å². The molecule has 0 saturated carbocycles. The fourth-order valence-electron chi connectivity index (χ4n) is 3.31. The number of nitrogens with one attached hydrogen (secondary N) is 1. The van der Waals surface area contributed by atoms with Gasteiger partial charge in [0.1, 0.15) is 6.04 Å². The summed E-state index contributed by atoms with van der Waals surface area (Å²) < 4.78 is 26.1.